The van der Waals surface area contributed by atoms with Gasteiger partial charge in [-0.1, -0.05) is 43.2 Å². The zero-order valence-electron chi connectivity index (χ0n) is 11.0. The number of carbonyl (C=O) groups is 1. The van der Waals surface area contributed by atoms with Crippen LogP contribution in [-0.4, -0.2) is 24.3 Å². The third-order valence-electron chi connectivity index (χ3n) is 3.83. The number of carboxylic acid groups (broad SMARTS) is 1. The molecule has 0 amide bonds. The summed E-state index contributed by atoms with van der Waals surface area (Å²) in [7, 11) is 0. The minimum absolute atomic E-state index is 0.0167. The van der Waals surface area contributed by atoms with Crippen LogP contribution in [0, 0.1) is 5.92 Å². The van der Waals surface area contributed by atoms with Crippen molar-refractivity contribution in [2.45, 2.75) is 31.2 Å². The largest absolute Gasteiger partial charge is 0.480 e. The molecule has 3 N–H and O–H groups in total. The molecule has 1 aromatic rings. The van der Waals surface area contributed by atoms with Crippen LogP contribution < -0.4 is 5.73 Å². The second kappa shape index (κ2) is 6.17. The topological polar surface area (TPSA) is 72.5 Å². The van der Waals surface area contributed by atoms with E-state index in [0.717, 1.165) is 0 Å². The fourth-order valence-electron chi connectivity index (χ4n) is 2.57. The molecule has 1 aromatic carbocycles. The van der Waals surface area contributed by atoms with Crippen LogP contribution in [-0.2, 0) is 15.1 Å². The highest BCUT2D eigenvalue weighted by Gasteiger charge is 2.36. The molecule has 0 aliphatic heterocycles. The van der Waals surface area contributed by atoms with Gasteiger partial charge in [-0.3, -0.25) is 0 Å². The second-order valence-electron chi connectivity index (χ2n) is 5.31. The lowest BCUT2D eigenvalue weighted by molar-refractivity contribution is -0.146. The molecule has 1 aliphatic rings. The molecule has 0 heterocycles. The van der Waals surface area contributed by atoms with E-state index in [-0.39, 0.29) is 6.61 Å². The van der Waals surface area contributed by atoms with Crippen molar-refractivity contribution in [3.05, 3.63) is 35.9 Å². The van der Waals surface area contributed by atoms with E-state index in [1.807, 2.05) is 6.07 Å². The molecule has 4 heteroatoms. The number of hydrogen-bond acceptors (Lipinski definition) is 3. The molecule has 0 saturated heterocycles. The van der Waals surface area contributed by atoms with Gasteiger partial charge in [-0.25, -0.2) is 4.79 Å². The van der Waals surface area contributed by atoms with Crippen LogP contribution >= 0.6 is 0 Å². The highest BCUT2D eigenvalue weighted by atomic mass is 16.5. The summed E-state index contributed by atoms with van der Waals surface area (Å²) < 4.78 is 5.59. The highest BCUT2D eigenvalue weighted by molar-refractivity contribution is 5.80. The minimum atomic E-state index is -1.46. The molecule has 1 saturated carbocycles. The van der Waals surface area contributed by atoms with Crippen molar-refractivity contribution >= 4 is 5.97 Å². The van der Waals surface area contributed by atoms with E-state index in [1.165, 1.54) is 25.7 Å². The molecule has 1 aliphatic carbocycles. The molecule has 0 spiro atoms. The summed E-state index contributed by atoms with van der Waals surface area (Å²) in [6.45, 7) is 0.627. The van der Waals surface area contributed by atoms with Crippen LogP contribution in [0.25, 0.3) is 0 Å². The Kier molecular flexibility index (Phi) is 4.56. The fraction of sp³-hybridized carbons (Fsp3) is 0.533. The van der Waals surface area contributed by atoms with Gasteiger partial charge in [-0.15, -0.1) is 0 Å². The van der Waals surface area contributed by atoms with E-state index in [9.17, 15) is 9.90 Å². The summed E-state index contributed by atoms with van der Waals surface area (Å²) in [4.78, 5) is 11.4. The monoisotopic (exact) mass is 263 g/mol. The average molecular weight is 263 g/mol. The third kappa shape index (κ3) is 3.33. The first-order chi connectivity index (χ1) is 9.13. The lowest BCUT2D eigenvalue weighted by Gasteiger charge is -2.25. The van der Waals surface area contributed by atoms with Crippen LogP contribution in [0.15, 0.2) is 30.3 Å². The third-order valence-corrected chi connectivity index (χ3v) is 3.83. The first kappa shape index (κ1) is 14.0. The molecule has 104 valence electrons. The summed E-state index contributed by atoms with van der Waals surface area (Å²) in [6, 6.07) is 8.87. The Labute approximate surface area is 113 Å². The predicted octanol–water partition coefficient (Wildman–Crippen LogP) is 2.13. The molecular weight excluding hydrogens is 242 g/mol. The zero-order valence-corrected chi connectivity index (χ0v) is 11.0. The molecule has 1 fully saturated rings. The van der Waals surface area contributed by atoms with Gasteiger partial charge in [-0.05, 0) is 24.3 Å². The number of ether oxygens (including phenoxy) is 1. The first-order valence-corrected chi connectivity index (χ1v) is 6.78. The van der Waals surface area contributed by atoms with Crippen molar-refractivity contribution in [2.75, 3.05) is 13.2 Å². The molecule has 2 rings (SSSR count). The lowest BCUT2D eigenvalue weighted by Crippen LogP contribution is -2.49. The summed E-state index contributed by atoms with van der Waals surface area (Å²) in [6.07, 6.45) is 4.85. The van der Waals surface area contributed by atoms with E-state index in [0.29, 0.717) is 18.1 Å². The predicted molar refractivity (Wildman–Crippen MR) is 72.7 cm³/mol. The van der Waals surface area contributed by atoms with Gasteiger partial charge in [0.2, 0.25) is 0 Å². The Morgan fingerprint density at radius 1 is 1.32 bits per heavy atom. The van der Waals surface area contributed by atoms with E-state index in [1.54, 1.807) is 24.3 Å². The second-order valence-corrected chi connectivity index (χ2v) is 5.31. The van der Waals surface area contributed by atoms with E-state index in [4.69, 9.17) is 10.5 Å². The Morgan fingerprint density at radius 2 is 1.95 bits per heavy atom. The number of benzene rings is 1. The van der Waals surface area contributed by atoms with Crippen molar-refractivity contribution in [2.24, 2.45) is 11.7 Å². The molecule has 1 unspecified atom stereocenters. The van der Waals surface area contributed by atoms with Gasteiger partial charge in [0.1, 0.15) is 0 Å². The van der Waals surface area contributed by atoms with Gasteiger partial charge in [-0.2, -0.15) is 0 Å². The van der Waals surface area contributed by atoms with Crippen LogP contribution in [0.5, 0.6) is 0 Å². The van der Waals surface area contributed by atoms with E-state index >= 15 is 0 Å². The van der Waals surface area contributed by atoms with Crippen LogP contribution in [0.4, 0.5) is 0 Å². The number of nitrogens with two attached hydrogens (primary N) is 1. The highest BCUT2D eigenvalue weighted by Crippen LogP contribution is 2.26. The number of carboxylic acids is 1. The Bertz CT molecular complexity index is 415. The number of aliphatic carboxylic acids is 1. The summed E-state index contributed by atoms with van der Waals surface area (Å²) in [5, 5.41) is 9.37. The van der Waals surface area contributed by atoms with E-state index < -0.39 is 11.5 Å². The maximum Gasteiger partial charge on any atom is 0.330 e. The molecular formula is C15H21NO3. The number of rotatable bonds is 6. The van der Waals surface area contributed by atoms with Gasteiger partial charge >= 0.3 is 5.97 Å². The van der Waals surface area contributed by atoms with Gasteiger partial charge in [0, 0.05) is 6.61 Å². The maximum absolute atomic E-state index is 11.4. The number of hydrogen-bond donors (Lipinski definition) is 2. The van der Waals surface area contributed by atoms with Crippen molar-refractivity contribution in [3.8, 4) is 0 Å². The molecule has 0 radical (unpaired) electrons. The lowest BCUT2D eigenvalue weighted by atomic mass is 9.92. The molecule has 0 aromatic heterocycles. The summed E-state index contributed by atoms with van der Waals surface area (Å²) in [5.41, 5.74) is 5.14. The quantitative estimate of drug-likeness (QED) is 0.824. The van der Waals surface area contributed by atoms with Crippen molar-refractivity contribution < 1.29 is 14.6 Å². The van der Waals surface area contributed by atoms with Gasteiger partial charge in [0.15, 0.2) is 5.54 Å². The standard InChI is InChI=1S/C15H21NO3/c16-15(14(17)18,13-8-2-1-3-9-13)11-19-10-12-6-4-5-7-12/h1-3,8-9,12H,4-7,10-11,16H2,(H,17,18). The molecule has 1 atom stereocenters. The van der Waals surface area contributed by atoms with Gasteiger partial charge < -0.3 is 15.6 Å². The first-order valence-electron chi connectivity index (χ1n) is 6.78. The normalized spacial score (nSPS) is 19.2. The Balaban J connectivity index is 1.97. The van der Waals surface area contributed by atoms with Crippen molar-refractivity contribution in [3.63, 3.8) is 0 Å². The summed E-state index contributed by atoms with van der Waals surface area (Å²) in [5.74, 6) is -0.487. The van der Waals surface area contributed by atoms with E-state index in [2.05, 4.69) is 0 Å². The zero-order chi connectivity index (χ0) is 13.7. The molecule has 0 bridgehead atoms. The van der Waals surface area contributed by atoms with Crippen LogP contribution in [0.1, 0.15) is 31.2 Å². The van der Waals surface area contributed by atoms with Crippen molar-refractivity contribution in [1.29, 1.82) is 0 Å². The maximum atomic E-state index is 11.4. The Hall–Kier alpha value is -1.39. The van der Waals surface area contributed by atoms with Gasteiger partial charge in [0.05, 0.1) is 6.61 Å². The van der Waals surface area contributed by atoms with Crippen LogP contribution in [0.3, 0.4) is 0 Å². The van der Waals surface area contributed by atoms with Gasteiger partial charge in [0.25, 0.3) is 0 Å². The SMILES string of the molecule is NC(COCC1CCCC1)(C(=O)O)c1ccccc1. The smallest absolute Gasteiger partial charge is 0.330 e. The van der Waals surface area contributed by atoms with Crippen LogP contribution in [0.2, 0.25) is 0 Å². The Morgan fingerprint density at radius 3 is 2.53 bits per heavy atom. The molecule has 4 nitrogen and oxygen atoms in total. The average Bonchev–Trinajstić information content (AvgIpc) is 2.92. The van der Waals surface area contributed by atoms with Crippen molar-refractivity contribution in [1.82, 2.24) is 0 Å². The minimum Gasteiger partial charge on any atom is -0.480 e. The fourth-order valence-corrected chi connectivity index (χ4v) is 2.57. The molecule has 19 heavy (non-hydrogen) atoms. The summed E-state index contributed by atoms with van der Waals surface area (Å²) >= 11 is 0.